The van der Waals surface area contributed by atoms with Gasteiger partial charge in [0, 0.05) is 5.75 Å². The Bertz CT molecular complexity index is 732. The second-order valence-electron chi connectivity index (χ2n) is 12.4. The summed E-state index contributed by atoms with van der Waals surface area (Å²) in [4.78, 5) is 42.5. The number of esters is 2. The summed E-state index contributed by atoms with van der Waals surface area (Å²) in [6, 6.07) is 0. The lowest BCUT2D eigenvalue weighted by molar-refractivity contribution is -0.151. The Morgan fingerprint density at radius 2 is 1.20 bits per heavy atom. The number of ether oxygens (including phenoxy) is 2. The van der Waals surface area contributed by atoms with Crippen molar-refractivity contribution in [2.75, 3.05) is 45.6 Å². The van der Waals surface area contributed by atoms with Gasteiger partial charge in [-0.3, -0.25) is 14.4 Å². The van der Waals surface area contributed by atoms with Gasteiger partial charge < -0.3 is 19.3 Å². The van der Waals surface area contributed by atoms with E-state index in [1.165, 1.54) is 75.5 Å². The topological polar surface area (TPSA) is 76.1 Å². The van der Waals surface area contributed by atoms with Crippen LogP contribution < -0.4 is 0 Å². The number of carbonyl (C=O) groups is 3. The number of thioether (sulfide) groups is 1. The Balaban J connectivity index is 5.10. The van der Waals surface area contributed by atoms with E-state index in [9.17, 15) is 14.4 Å². The highest BCUT2D eigenvalue weighted by Gasteiger charge is 2.24. The molecule has 0 radical (unpaired) electrons. The van der Waals surface area contributed by atoms with Crippen molar-refractivity contribution in [2.45, 2.75) is 162 Å². The number of carbonyl (C=O) groups excluding carboxylic acids is 3. The fourth-order valence-corrected chi connectivity index (χ4v) is 5.85. The molecule has 0 fully saturated rings. The Labute approximate surface area is 282 Å². The van der Waals surface area contributed by atoms with E-state index >= 15 is 0 Å². The maximum absolute atomic E-state index is 13.2. The molecule has 0 rings (SSSR count). The van der Waals surface area contributed by atoms with E-state index in [2.05, 4.69) is 39.6 Å². The van der Waals surface area contributed by atoms with Gasteiger partial charge >= 0.3 is 11.9 Å². The molecule has 0 aromatic carbocycles. The summed E-state index contributed by atoms with van der Waals surface area (Å²) >= 11 is 1.16. The number of allylic oxidation sites excluding steroid dienone is 1. The average Bonchev–Trinajstić information content (AvgIpc) is 3.03. The van der Waals surface area contributed by atoms with Crippen molar-refractivity contribution in [2.24, 2.45) is 0 Å². The van der Waals surface area contributed by atoms with E-state index in [0.29, 0.717) is 5.75 Å². The highest BCUT2D eigenvalue weighted by Crippen LogP contribution is 2.18. The molecule has 0 aromatic heterocycles. The van der Waals surface area contributed by atoms with Crippen LogP contribution in [0.5, 0.6) is 0 Å². The molecule has 264 valence electrons. The summed E-state index contributed by atoms with van der Waals surface area (Å²) in [5.74, 6) is -0.311. The Morgan fingerprint density at radius 3 is 1.78 bits per heavy atom. The van der Waals surface area contributed by atoms with Crippen LogP contribution in [-0.4, -0.2) is 78.7 Å². The maximum Gasteiger partial charge on any atom is 0.326 e. The van der Waals surface area contributed by atoms with E-state index in [0.717, 1.165) is 82.6 Å². The number of hydrogen-bond donors (Lipinski definition) is 0. The minimum absolute atomic E-state index is 0.140. The fraction of sp³-hybridized carbons (Fsp3) is 0.865. The zero-order chi connectivity index (χ0) is 33.4. The number of rotatable bonds is 31. The number of amides is 1. The minimum Gasteiger partial charge on any atom is -0.461 e. The smallest absolute Gasteiger partial charge is 0.326 e. The summed E-state index contributed by atoms with van der Waals surface area (Å²) in [5, 5.41) is -0.280. The molecule has 0 N–H and O–H groups in total. The largest absolute Gasteiger partial charge is 0.461 e. The summed E-state index contributed by atoms with van der Waals surface area (Å²) in [5.41, 5.74) is 0. The van der Waals surface area contributed by atoms with Gasteiger partial charge in [-0.05, 0) is 65.1 Å². The SMILES string of the molecule is CCCCCC/C=C\COC(=O)CN(CC(=O)OC(CCCCCCCC)CCCCCCCC)C(=O)SCCCN(C)CC. The molecular weight excluding hydrogens is 584 g/mol. The molecule has 0 bridgehead atoms. The maximum atomic E-state index is 13.2. The fourth-order valence-electron chi connectivity index (χ4n) is 5.09. The van der Waals surface area contributed by atoms with E-state index < -0.39 is 11.9 Å². The molecule has 45 heavy (non-hydrogen) atoms. The number of hydrogen-bond acceptors (Lipinski definition) is 7. The molecule has 0 aliphatic rings. The van der Waals surface area contributed by atoms with Crippen LogP contribution in [0.25, 0.3) is 0 Å². The second kappa shape index (κ2) is 32.4. The molecule has 0 unspecified atom stereocenters. The Kier molecular flexibility index (Phi) is 31.3. The van der Waals surface area contributed by atoms with Crippen molar-refractivity contribution >= 4 is 28.9 Å². The summed E-state index contributed by atoms with van der Waals surface area (Å²) in [7, 11) is 2.05. The first-order valence-electron chi connectivity index (χ1n) is 18.5. The van der Waals surface area contributed by atoms with E-state index in [4.69, 9.17) is 9.47 Å². The van der Waals surface area contributed by atoms with Crippen molar-refractivity contribution in [1.82, 2.24) is 9.80 Å². The third-order valence-corrected chi connectivity index (χ3v) is 9.13. The van der Waals surface area contributed by atoms with Crippen LogP contribution in [0.1, 0.15) is 156 Å². The van der Waals surface area contributed by atoms with E-state index in [-0.39, 0.29) is 31.0 Å². The zero-order valence-corrected chi connectivity index (χ0v) is 30.8. The Hall–Kier alpha value is -1.54. The van der Waals surface area contributed by atoms with E-state index in [1.807, 2.05) is 12.2 Å². The highest BCUT2D eigenvalue weighted by atomic mass is 32.2. The molecule has 0 aliphatic heterocycles. The molecule has 8 heteroatoms. The first kappa shape index (κ1) is 43.5. The third kappa shape index (κ3) is 28.4. The first-order valence-corrected chi connectivity index (χ1v) is 19.5. The van der Waals surface area contributed by atoms with Gasteiger partial charge in [-0.2, -0.15) is 0 Å². The average molecular weight is 655 g/mol. The standard InChI is InChI=1S/C37H70N2O5S/c1-6-10-13-16-19-22-25-30-43-35(40)32-39(37(42)45-31-26-29-38(5)9-4)33-36(41)44-34(27-23-20-17-14-11-7-2)28-24-21-18-15-12-8-3/h22,25,34H,6-21,23-24,26-33H2,1-5H3/b25-22-. The number of unbranched alkanes of at least 4 members (excludes halogenated alkanes) is 14. The van der Waals surface area contributed by atoms with Gasteiger partial charge in [-0.1, -0.05) is 135 Å². The van der Waals surface area contributed by atoms with Crippen LogP contribution in [0.3, 0.4) is 0 Å². The van der Waals surface area contributed by atoms with Crippen LogP contribution in [0, 0.1) is 0 Å². The van der Waals surface area contributed by atoms with Gasteiger partial charge in [0.1, 0.15) is 25.8 Å². The molecule has 7 nitrogen and oxygen atoms in total. The van der Waals surface area contributed by atoms with Gasteiger partial charge in [0.2, 0.25) is 0 Å². The quantitative estimate of drug-likeness (QED) is 0.0418. The molecule has 0 saturated carbocycles. The van der Waals surface area contributed by atoms with Gasteiger partial charge in [0.05, 0.1) is 0 Å². The third-order valence-electron chi connectivity index (χ3n) is 8.14. The summed E-state index contributed by atoms with van der Waals surface area (Å²) in [6.07, 6.45) is 26.4. The summed E-state index contributed by atoms with van der Waals surface area (Å²) < 4.78 is 11.4. The molecular formula is C37H70N2O5S. The van der Waals surface area contributed by atoms with Crippen molar-refractivity contribution in [3.8, 4) is 0 Å². The van der Waals surface area contributed by atoms with Crippen LogP contribution >= 0.6 is 11.8 Å². The van der Waals surface area contributed by atoms with Crippen LogP contribution in [0.4, 0.5) is 4.79 Å². The lowest BCUT2D eigenvalue weighted by Crippen LogP contribution is -2.39. The van der Waals surface area contributed by atoms with Gasteiger partial charge in [-0.25, -0.2) is 0 Å². The van der Waals surface area contributed by atoms with Crippen molar-refractivity contribution in [3.63, 3.8) is 0 Å². The molecule has 0 aromatic rings. The van der Waals surface area contributed by atoms with Crippen molar-refractivity contribution < 1.29 is 23.9 Å². The lowest BCUT2D eigenvalue weighted by Gasteiger charge is -2.23. The van der Waals surface area contributed by atoms with Crippen LogP contribution in [0.15, 0.2) is 12.2 Å². The molecule has 0 aliphatic carbocycles. The predicted molar refractivity (Wildman–Crippen MR) is 192 cm³/mol. The van der Waals surface area contributed by atoms with Gasteiger partial charge in [-0.15, -0.1) is 0 Å². The highest BCUT2D eigenvalue weighted by molar-refractivity contribution is 8.13. The van der Waals surface area contributed by atoms with Crippen molar-refractivity contribution in [3.05, 3.63) is 12.2 Å². The zero-order valence-electron chi connectivity index (χ0n) is 30.0. The second-order valence-corrected chi connectivity index (χ2v) is 13.5. The summed E-state index contributed by atoms with van der Waals surface area (Å²) in [6.45, 7) is 10.3. The van der Waals surface area contributed by atoms with Crippen LogP contribution in [-0.2, 0) is 19.1 Å². The van der Waals surface area contributed by atoms with Crippen LogP contribution in [0.2, 0.25) is 0 Å². The lowest BCUT2D eigenvalue weighted by atomic mass is 10.0. The van der Waals surface area contributed by atoms with Gasteiger partial charge in [0.15, 0.2) is 0 Å². The normalized spacial score (nSPS) is 11.5. The monoisotopic (exact) mass is 655 g/mol. The molecule has 1 amide bonds. The predicted octanol–water partition coefficient (Wildman–Crippen LogP) is 9.97. The Morgan fingerprint density at radius 1 is 0.667 bits per heavy atom. The first-order chi connectivity index (χ1) is 21.9. The molecule has 0 saturated heterocycles. The molecule has 0 heterocycles. The van der Waals surface area contributed by atoms with Crippen molar-refractivity contribution in [1.29, 1.82) is 0 Å². The molecule has 0 atom stereocenters. The number of nitrogens with zero attached hydrogens (tertiary/aromatic N) is 2. The van der Waals surface area contributed by atoms with Gasteiger partial charge in [0.25, 0.3) is 5.24 Å². The minimum atomic E-state index is -0.506. The molecule has 0 spiro atoms. The van der Waals surface area contributed by atoms with E-state index in [1.54, 1.807) is 0 Å².